The smallest absolute Gasteiger partial charge is 0.337 e. The molecule has 0 amide bonds. The number of fused-ring (bicyclic) bond motifs is 8. The van der Waals surface area contributed by atoms with Crippen molar-refractivity contribution >= 4 is 5.97 Å². The Kier molecular flexibility index (Phi) is 3.05. The van der Waals surface area contributed by atoms with E-state index in [9.17, 15) is 4.79 Å². The number of ether oxygens (including phenoxy) is 2. The molecule has 2 aliphatic heterocycles. The van der Waals surface area contributed by atoms with Gasteiger partial charge in [0.25, 0.3) is 0 Å². The van der Waals surface area contributed by atoms with E-state index >= 15 is 0 Å². The molecule has 0 spiro atoms. The molecule has 2 aliphatic rings. The lowest BCUT2D eigenvalue weighted by Gasteiger charge is -2.17. The minimum Gasteiger partial charge on any atom is -0.465 e. The van der Waals surface area contributed by atoms with Crippen molar-refractivity contribution in [1.29, 1.82) is 0 Å². The van der Waals surface area contributed by atoms with Crippen molar-refractivity contribution < 1.29 is 14.3 Å². The van der Waals surface area contributed by atoms with Crippen molar-refractivity contribution in [2.24, 2.45) is 0 Å². The number of rotatable bonds is 3. The van der Waals surface area contributed by atoms with Crippen molar-refractivity contribution in [1.82, 2.24) is 9.78 Å². The molecule has 0 unspecified atom stereocenters. The first-order chi connectivity index (χ1) is 12.2. The number of esters is 1. The minimum atomic E-state index is -0.321. The fourth-order valence-corrected chi connectivity index (χ4v) is 3.82. The van der Waals surface area contributed by atoms with Crippen LogP contribution in [0.4, 0.5) is 0 Å². The highest BCUT2D eigenvalue weighted by atomic mass is 16.5. The molecule has 2 aromatic carbocycles. The van der Waals surface area contributed by atoms with Crippen molar-refractivity contribution in [3.63, 3.8) is 0 Å². The normalized spacial score (nSPS) is 19.6. The predicted octanol–water partition coefficient (Wildman–Crippen LogP) is 3.24. The van der Waals surface area contributed by atoms with Gasteiger partial charge in [0.15, 0.2) is 0 Å². The summed E-state index contributed by atoms with van der Waals surface area (Å²) < 4.78 is 12.9. The standard InChI is InChI=1S/C20H16N2O3/c1-24-20(23)13-4-6-15-17(10-13)19-16-9-12(11-22-8-2-7-21-22)3-5-14(16)18(15)25-19/h2-10,18-19H,11H2,1H3/t18-,19+/m1/s1. The molecule has 0 fully saturated rings. The Balaban J connectivity index is 1.53. The zero-order valence-electron chi connectivity index (χ0n) is 13.7. The van der Waals surface area contributed by atoms with Crippen LogP contribution in [0.5, 0.6) is 0 Å². The van der Waals surface area contributed by atoms with Gasteiger partial charge in [0.2, 0.25) is 0 Å². The average molecular weight is 332 g/mol. The van der Waals surface area contributed by atoms with Crippen LogP contribution in [-0.2, 0) is 16.0 Å². The summed E-state index contributed by atoms with van der Waals surface area (Å²) in [5.41, 5.74) is 6.36. The van der Waals surface area contributed by atoms with Crippen molar-refractivity contribution in [2.75, 3.05) is 7.11 Å². The van der Waals surface area contributed by atoms with Gasteiger partial charge in [-0.1, -0.05) is 24.3 Å². The maximum atomic E-state index is 11.8. The first-order valence-electron chi connectivity index (χ1n) is 8.22. The molecule has 0 radical (unpaired) electrons. The van der Waals surface area contributed by atoms with Gasteiger partial charge >= 0.3 is 5.97 Å². The minimum absolute atomic E-state index is 0.0412. The van der Waals surface area contributed by atoms with E-state index in [1.54, 1.807) is 12.3 Å². The van der Waals surface area contributed by atoms with Crippen LogP contribution in [0.25, 0.3) is 0 Å². The third-order valence-corrected chi connectivity index (χ3v) is 4.96. The first-order valence-corrected chi connectivity index (χ1v) is 8.22. The number of carbonyl (C=O) groups is 1. The average Bonchev–Trinajstić information content (AvgIpc) is 3.36. The number of benzene rings is 2. The van der Waals surface area contributed by atoms with Crippen LogP contribution in [0.15, 0.2) is 54.9 Å². The molecule has 5 nitrogen and oxygen atoms in total. The van der Waals surface area contributed by atoms with Gasteiger partial charge in [-0.05, 0) is 46.0 Å². The lowest BCUT2D eigenvalue weighted by molar-refractivity contribution is 0.0600. The lowest BCUT2D eigenvalue weighted by Crippen LogP contribution is -2.08. The van der Waals surface area contributed by atoms with Crippen LogP contribution in [0.1, 0.15) is 50.4 Å². The summed E-state index contributed by atoms with van der Waals surface area (Å²) in [6.45, 7) is 0.729. The van der Waals surface area contributed by atoms with Gasteiger partial charge in [-0.3, -0.25) is 4.68 Å². The Morgan fingerprint density at radius 3 is 2.64 bits per heavy atom. The van der Waals surface area contributed by atoms with Crippen molar-refractivity contribution in [3.05, 3.63) is 88.2 Å². The van der Waals surface area contributed by atoms with Gasteiger partial charge < -0.3 is 9.47 Å². The molecule has 5 rings (SSSR count). The van der Waals surface area contributed by atoms with Crippen LogP contribution in [0, 0.1) is 0 Å². The third-order valence-electron chi connectivity index (χ3n) is 4.96. The van der Waals surface area contributed by atoms with Crippen molar-refractivity contribution in [2.45, 2.75) is 18.8 Å². The number of nitrogens with zero attached hydrogens (tertiary/aromatic N) is 2. The summed E-state index contributed by atoms with van der Waals surface area (Å²) in [6, 6.07) is 14.1. The summed E-state index contributed by atoms with van der Waals surface area (Å²) >= 11 is 0. The third kappa shape index (κ3) is 2.13. The van der Waals surface area contributed by atoms with Gasteiger partial charge in [0.05, 0.1) is 19.2 Å². The van der Waals surface area contributed by atoms with E-state index in [0.717, 1.165) is 17.7 Å². The summed E-state index contributed by atoms with van der Waals surface area (Å²) in [4.78, 5) is 11.8. The quantitative estimate of drug-likeness (QED) is 0.691. The Labute approximate surface area is 144 Å². The molecule has 0 saturated carbocycles. The number of methoxy groups -OCH3 is 1. The Bertz CT molecular complexity index is 979. The van der Waals surface area contributed by atoms with Gasteiger partial charge in [0, 0.05) is 12.4 Å². The second-order valence-electron chi connectivity index (χ2n) is 6.40. The fraction of sp³-hybridized carbons (Fsp3) is 0.200. The monoisotopic (exact) mass is 332 g/mol. The summed E-state index contributed by atoms with van der Waals surface area (Å²) in [6.07, 6.45) is 3.58. The highest BCUT2D eigenvalue weighted by Crippen LogP contribution is 2.54. The first kappa shape index (κ1) is 14.4. The van der Waals surface area contributed by atoms with Crippen molar-refractivity contribution in [3.8, 4) is 0 Å². The van der Waals surface area contributed by atoms with E-state index in [2.05, 4.69) is 23.3 Å². The molecule has 2 bridgehead atoms. The molecule has 124 valence electrons. The SMILES string of the molecule is COC(=O)c1ccc2c(c1)[C@H]1O[C@@H]2c2ccc(Cn3cccn3)cc21. The van der Waals surface area contributed by atoms with Crippen LogP contribution in [0.3, 0.4) is 0 Å². The molecule has 25 heavy (non-hydrogen) atoms. The highest BCUT2D eigenvalue weighted by molar-refractivity contribution is 5.90. The van der Waals surface area contributed by atoms with Gasteiger partial charge in [-0.2, -0.15) is 5.10 Å². The summed E-state index contributed by atoms with van der Waals surface area (Å²) in [7, 11) is 1.40. The Morgan fingerprint density at radius 2 is 1.88 bits per heavy atom. The van der Waals surface area contributed by atoms with Gasteiger partial charge in [-0.25, -0.2) is 4.79 Å². The lowest BCUT2D eigenvalue weighted by atomic mass is 9.84. The second-order valence-corrected chi connectivity index (χ2v) is 6.40. The van der Waals surface area contributed by atoms with E-state index in [-0.39, 0.29) is 18.2 Å². The van der Waals surface area contributed by atoms with Crippen LogP contribution in [-0.4, -0.2) is 22.9 Å². The molecule has 1 aromatic heterocycles. The summed E-state index contributed by atoms with van der Waals surface area (Å²) in [5.74, 6) is -0.321. The fourth-order valence-electron chi connectivity index (χ4n) is 3.82. The maximum absolute atomic E-state index is 11.8. The number of hydrogen-bond acceptors (Lipinski definition) is 4. The van der Waals surface area contributed by atoms with E-state index in [1.807, 2.05) is 29.1 Å². The van der Waals surface area contributed by atoms with Gasteiger partial charge in [0.1, 0.15) is 12.2 Å². The Morgan fingerprint density at radius 1 is 1.12 bits per heavy atom. The molecular weight excluding hydrogens is 316 g/mol. The number of aromatic nitrogens is 2. The second kappa shape index (κ2) is 5.29. The van der Waals surface area contributed by atoms with E-state index in [4.69, 9.17) is 9.47 Å². The van der Waals surface area contributed by atoms with E-state index in [1.165, 1.54) is 23.8 Å². The highest BCUT2D eigenvalue weighted by Gasteiger charge is 2.42. The molecule has 2 atom stereocenters. The molecule has 5 heteroatoms. The van der Waals surface area contributed by atoms with Crippen LogP contribution < -0.4 is 0 Å². The summed E-state index contributed by atoms with van der Waals surface area (Å²) in [5, 5.41) is 4.26. The maximum Gasteiger partial charge on any atom is 0.337 e. The Hall–Kier alpha value is -2.92. The molecule has 3 aromatic rings. The van der Waals surface area contributed by atoms with Gasteiger partial charge in [-0.15, -0.1) is 0 Å². The number of carbonyl (C=O) groups excluding carboxylic acids is 1. The molecule has 0 aliphatic carbocycles. The zero-order valence-corrected chi connectivity index (χ0v) is 13.7. The van der Waals surface area contributed by atoms with Crippen LogP contribution in [0.2, 0.25) is 0 Å². The molecule has 0 N–H and O–H groups in total. The largest absolute Gasteiger partial charge is 0.465 e. The zero-order chi connectivity index (χ0) is 17.0. The molecular formula is C20H16N2O3. The topological polar surface area (TPSA) is 53.4 Å². The van der Waals surface area contributed by atoms with Crippen LogP contribution >= 0.6 is 0 Å². The molecule has 3 heterocycles. The molecule has 0 saturated heterocycles. The number of hydrogen-bond donors (Lipinski definition) is 0. The van der Waals surface area contributed by atoms with E-state index < -0.39 is 0 Å². The predicted molar refractivity (Wildman–Crippen MR) is 90.3 cm³/mol. The van der Waals surface area contributed by atoms with E-state index in [0.29, 0.717) is 5.56 Å².